The number of carbonyl (C=O) groups is 2. The zero-order chi connectivity index (χ0) is 15.1. The van der Waals surface area contributed by atoms with Gasteiger partial charge in [-0.3, -0.25) is 0 Å². The number of carboxylic acids is 1. The number of aliphatic carboxylic acids is 1. The number of nitrogens with one attached hydrogen (secondary N) is 2. The molecular formula is C13H16Br2N2O3. The van der Waals surface area contributed by atoms with Gasteiger partial charge in [0.2, 0.25) is 0 Å². The van der Waals surface area contributed by atoms with E-state index in [1.807, 2.05) is 13.0 Å². The molecule has 110 valence electrons. The minimum atomic E-state index is -1.03. The Hall–Kier alpha value is -1.08. The third kappa shape index (κ3) is 5.13. The first kappa shape index (κ1) is 17.0. The maximum absolute atomic E-state index is 11.9. The van der Waals surface area contributed by atoms with Crippen molar-refractivity contribution in [3.63, 3.8) is 0 Å². The molecule has 0 spiro atoms. The monoisotopic (exact) mass is 406 g/mol. The number of urea groups is 1. The molecule has 0 aliphatic heterocycles. The summed E-state index contributed by atoms with van der Waals surface area (Å²) in [6, 6.07) is 3.97. The van der Waals surface area contributed by atoms with Crippen LogP contribution >= 0.6 is 31.9 Å². The highest BCUT2D eigenvalue weighted by Gasteiger charge is 2.19. The van der Waals surface area contributed by atoms with Crippen LogP contribution < -0.4 is 10.6 Å². The maximum atomic E-state index is 11.9. The van der Waals surface area contributed by atoms with Gasteiger partial charge in [-0.2, -0.15) is 0 Å². The molecule has 0 radical (unpaired) electrons. The molecule has 0 fully saturated rings. The molecule has 3 N–H and O–H groups in total. The Balaban J connectivity index is 2.68. The fourth-order valence-electron chi connectivity index (χ4n) is 1.59. The largest absolute Gasteiger partial charge is 0.480 e. The molecule has 0 saturated carbocycles. The average molecular weight is 408 g/mol. The van der Waals surface area contributed by atoms with Crippen LogP contribution in [-0.2, 0) is 4.79 Å². The number of hydrogen-bond donors (Lipinski definition) is 3. The molecule has 0 saturated heterocycles. The molecule has 1 aromatic rings. The van der Waals surface area contributed by atoms with Crippen LogP contribution in [0.15, 0.2) is 27.1 Å². The Morgan fingerprint density at radius 3 is 2.40 bits per heavy atom. The van der Waals surface area contributed by atoms with Crippen LogP contribution in [0, 0.1) is 0 Å². The van der Waals surface area contributed by atoms with Gasteiger partial charge in [0.25, 0.3) is 0 Å². The molecule has 1 aromatic carbocycles. The predicted octanol–water partition coefficient (Wildman–Crippen LogP) is 3.98. The van der Waals surface area contributed by atoms with Crippen molar-refractivity contribution in [3.8, 4) is 0 Å². The molecule has 20 heavy (non-hydrogen) atoms. The van der Waals surface area contributed by atoms with Crippen LogP contribution in [0.3, 0.4) is 0 Å². The van der Waals surface area contributed by atoms with Crippen molar-refractivity contribution < 1.29 is 14.7 Å². The maximum Gasteiger partial charge on any atom is 0.326 e. The number of anilines is 1. The lowest BCUT2D eigenvalue weighted by Gasteiger charge is -2.16. The van der Waals surface area contributed by atoms with Crippen LogP contribution in [-0.4, -0.2) is 23.1 Å². The van der Waals surface area contributed by atoms with E-state index in [0.717, 1.165) is 12.8 Å². The Morgan fingerprint density at radius 1 is 1.30 bits per heavy atom. The SMILES string of the molecule is CCCC[C@H](NC(=O)Nc1c(Br)cccc1Br)C(=O)O. The van der Waals surface area contributed by atoms with Crippen molar-refractivity contribution in [3.05, 3.63) is 27.1 Å². The Bertz CT molecular complexity index is 474. The second-order valence-corrected chi connectivity index (χ2v) is 5.94. The van der Waals surface area contributed by atoms with Crippen LogP contribution in [0.1, 0.15) is 26.2 Å². The summed E-state index contributed by atoms with van der Waals surface area (Å²) in [7, 11) is 0. The molecule has 1 atom stereocenters. The number of para-hydroxylation sites is 1. The number of carboxylic acid groups (broad SMARTS) is 1. The van der Waals surface area contributed by atoms with Crippen molar-refractivity contribution in [2.75, 3.05) is 5.32 Å². The van der Waals surface area contributed by atoms with Gasteiger partial charge in [0.1, 0.15) is 6.04 Å². The van der Waals surface area contributed by atoms with E-state index < -0.39 is 18.0 Å². The van der Waals surface area contributed by atoms with Crippen molar-refractivity contribution in [2.45, 2.75) is 32.2 Å². The molecular weight excluding hydrogens is 392 g/mol. The minimum Gasteiger partial charge on any atom is -0.480 e. The molecule has 0 aliphatic carbocycles. The van der Waals surface area contributed by atoms with Crippen molar-refractivity contribution in [1.82, 2.24) is 5.32 Å². The number of rotatable bonds is 6. The van der Waals surface area contributed by atoms with Gasteiger partial charge >= 0.3 is 12.0 Å². The van der Waals surface area contributed by atoms with Gasteiger partial charge in [-0.15, -0.1) is 0 Å². The van der Waals surface area contributed by atoms with E-state index in [9.17, 15) is 9.59 Å². The molecule has 0 unspecified atom stereocenters. The molecule has 1 rings (SSSR count). The normalized spacial score (nSPS) is 11.8. The van der Waals surface area contributed by atoms with Gasteiger partial charge in [0.05, 0.1) is 5.69 Å². The quantitative estimate of drug-likeness (QED) is 0.667. The first-order chi connectivity index (χ1) is 9.45. The smallest absolute Gasteiger partial charge is 0.326 e. The van der Waals surface area contributed by atoms with E-state index in [1.165, 1.54) is 0 Å². The molecule has 0 heterocycles. The second-order valence-electron chi connectivity index (χ2n) is 4.23. The lowest BCUT2D eigenvalue weighted by molar-refractivity contribution is -0.139. The zero-order valence-corrected chi connectivity index (χ0v) is 14.1. The first-order valence-corrected chi connectivity index (χ1v) is 7.78. The molecule has 7 heteroatoms. The van der Waals surface area contributed by atoms with E-state index >= 15 is 0 Å². The lowest BCUT2D eigenvalue weighted by Crippen LogP contribution is -2.43. The third-order valence-electron chi connectivity index (χ3n) is 2.65. The fourth-order valence-corrected chi connectivity index (χ4v) is 2.79. The van der Waals surface area contributed by atoms with Gasteiger partial charge in [-0.25, -0.2) is 9.59 Å². The van der Waals surface area contributed by atoms with Gasteiger partial charge in [-0.05, 0) is 50.4 Å². The van der Waals surface area contributed by atoms with Crippen LogP contribution in [0.4, 0.5) is 10.5 Å². The number of halogens is 2. The van der Waals surface area contributed by atoms with Crippen LogP contribution in [0.2, 0.25) is 0 Å². The van der Waals surface area contributed by atoms with E-state index in [2.05, 4.69) is 42.5 Å². The molecule has 5 nitrogen and oxygen atoms in total. The summed E-state index contributed by atoms with van der Waals surface area (Å²) < 4.78 is 1.42. The molecule has 0 bridgehead atoms. The van der Waals surface area contributed by atoms with E-state index in [0.29, 0.717) is 21.1 Å². The Labute approximate surface area is 134 Å². The number of amides is 2. The van der Waals surface area contributed by atoms with E-state index in [-0.39, 0.29) is 0 Å². The van der Waals surface area contributed by atoms with Crippen molar-refractivity contribution in [1.29, 1.82) is 0 Å². The second kappa shape index (κ2) is 8.26. The van der Waals surface area contributed by atoms with Gasteiger partial charge < -0.3 is 15.7 Å². The summed E-state index contributed by atoms with van der Waals surface area (Å²) >= 11 is 6.65. The summed E-state index contributed by atoms with van der Waals surface area (Å²) in [5.74, 6) is -1.03. The summed E-state index contributed by atoms with van der Waals surface area (Å²) in [6.07, 6.45) is 2.04. The average Bonchev–Trinajstić information content (AvgIpc) is 2.38. The van der Waals surface area contributed by atoms with Crippen LogP contribution in [0.25, 0.3) is 0 Å². The standard InChI is InChI=1S/C13H16Br2N2O3/c1-2-3-7-10(12(18)19)16-13(20)17-11-8(14)5-4-6-9(11)15/h4-6,10H,2-3,7H2,1H3,(H,18,19)(H2,16,17,20)/t10-/m0/s1. The predicted molar refractivity (Wildman–Crippen MR) is 84.9 cm³/mol. The van der Waals surface area contributed by atoms with E-state index in [4.69, 9.17) is 5.11 Å². The van der Waals surface area contributed by atoms with Crippen molar-refractivity contribution >= 4 is 49.5 Å². The highest BCUT2D eigenvalue weighted by atomic mass is 79.9. The number of carbonyl (C=O) groups excluding carboxylic acids is 1. The highest BCUT2D eigenvalue weighted by molar-refractivity contribution is 9.11. The molecule has 2 amide bonds. The number of hydrogen-bond acceptors (Lipinski definition) is 2. The summed E-state index contributed by atoms with van der Waals surface area (Å²) in [5.41, 5.74) is 0.560. The van der Waals surface area contributed by atoms with Gasteiger partial charge in [0, 0.05) is 8.95 Å². The summed E-state index contributed by atoms with van der Waals surface area (Å²) in [6.45, 7) is 1.97. The molecule has 0 aromatic heterocycles. The van der Waals surface area contributed by atoms with Gasteiger partial charge in [0.15, 0.2) is 0 Å². The zero-order valence-electron chi connectivity index (χ0n) is 11.0. The van der Waals surface area contributed by atoms with Crippen LogP contribution in [0.5, 0.6) is 0 Å². The lowest BCUT2D eigenvalue weighted by atomic mass is 10.1. The van der Waals surface area contributed by atoms with Gasteiger partial charge in [-0.1, -0.05) is 25.8 Å². The third-order valence-corrected chi connectivity index (χ3v) is 3.97. The Kier molecular flexibility index (Phi) is 7.01. The summed E-state index contributed by atoms with van der Waals surface area (Å²) in [4.78, 5) is 22.9. The van der Waals surface area contributed by atoms with E-state index in [1.54, 1.807) is 12.1 Å². The first-order valence-electron chi connectivity index (χ1n) is 6.20. The number of unbranched alkanes of at least 4 members (excludes halogenated alkanes) is 1. The summed E-state index contributed by atoms with van der Waals surface area (Å²) in [5, 5.41) is 14.2. The highest BCUT2D eigenvalue weighted by Crippen LogP contribution is 2.30. The number of benzene rings is 1. The topological polar surface area (TPSA) is 78.4 Å². The fraction of sp³-hybridized carbons (Fsp3) is 0.385. The Morgan fingerprint density at radius 2 is 1.90 bits per heavy atom. The minimum absolute atomic E-state index is 0.413. The van der Waals surface area contributed by atoms with Crippen molar-refractivity contribution in [2.24, 2.45) is 0 Å². The molecule has 0 aliphatic rings.